The Hall–Kier alpha value is -3.46. The van der Waals surface area contributed by atoms with Crippen LogP contribution in [-0.2, 0) is 17.8 Å². The summed E-state index contributed by atoms with van der Waals surface area (Å²) in [6, 6.07) is 15.9. The number of hydrogen-bond acceptors (Lipinski definition) is 4. The zero-order chi connectivity index (χ0) is 19.8. The van der Waals surface area contributed by atoms with Gasteiger partial charge >= 0.3 is 6.09 Å². The minimum absolute atomic E-state index is 0.130. The van der Waals surface area contributed by atoms with Crippen molar-refractivity contribution >= 4 is 17.0 Å². The van der Waals surface area contributed by atoms with E-state index >= 15 is 0 Å². The van der Waals surface area contributed by atoms with Crippen LogP contribution in [0.5, 0.6) is 0 Å². The highest BCUT2D eigenvalue weighted by atomic mass is 16.5. The summed E-state index contributed by atoms with van der Waals surface area (Å²) < 4.78 is 5.38. The predicted octanol–water partition coefficient (Wildman–Crippen LogP) is 3.66. The number of carbonyl (C=O) groups is 1. The van der Waals surface area contributed by atoms with Gasteiger partial charge in [0.05, 0.1) is 12.1 Å². The lowest BCUT2D eigenvalue weighted by atomic mass is 9.74. The van der Waals surface area contributed by atoms with Crippen molar-refractivity contribution in [3.8, 4) is 6.19 Å². The van der Waals surface area contributed by atoms with Crippen molar-refractivity contribution in [3.05, 3.63) is 71.4 Å². The second kappa shape index (κ2) is 7.17. The van der Waals surface area contributed by atoms with Gasteiger partial charge in [-0.15, -0.1) is 0 Å². The molecule has 146 valence electrons. The first kappa shape index (κ1) is 17.6. The van der Waals surface area contributed by atoms with Crippen molar-refractivity contribution in [2.45, 2.75) is 37.5 Å². The van der Waals surface area contributed by atoms with Crippen LogP contribution in [0.1, 0.15) is 29.0 Å². The van der Waals surface area contributed by atoms with Gasteiger partial charge in [0.15, 0.2) is 6.19 Å². The lowest BCUT2D eigenvalue weighted by molar-refractivity contribution is 0.116. The molecule has 1 aliphatic heterocycles. The number of ether oxygens (including phenoxy) is 1. The standard InChI is InChI=1S/C23H22N4O2/c24-14-27-12-17(26-23(28)29-13-15-5-2-1-3-6-15)10-19-18-7-4-8-20-22(18)16(11-25-20)9-21(19)27/h1-8,11,17,19,21,25H,9-10,12-13H2,(H,26,28)/t17?,19-,21-/m1/s1. The fourth-order valence-corrected chi connectivity index (χ4v) is 4.85. The number of nitrogens with zero attached hydrogens (tertiary/aromatic N) is 2. The molecule has 1 aliphatic carbocycles. The van der Waals surface area contributed by atoms with Gasteiger partial charge in [0.1, 0.15) is 6.61 Å². The van der Waals surface area contributed by atoms with Gasteiger partial charge in [-0.05, 0) is 35.6 Å². The van der Waals surface area contributed by atoms with Crippen LogP contribution in [0.3, 0.4) is 0 Å². The van der Waals surface area contributed by atoms with Gasteiger partial charge in [0.25, 0.3) is 0 Å². The summed E-state index contributed by atoms with van der Waals surface area (Å²) in [7, 11) is 0. The molecule has 2 N–H and O–H groups in total. The molecule has 5 rings (SSSR count). The Morgan fingerprint density at radius 3 is 2.93 bits per heavy atom. The summed E-state index contributed by atoms with van der Waals surface area (Å²) in [5.41, 5.74) is 4.62. The Balaban J connectivity index is 1.33. The molecule has 2 aliphatic rings. The van der Waals surface area contributed by atoms with Crippen molar-refractivity contribution in [2.24, 2.45) is 0 Å². The lowest BCUT2D eigenvalue weighted by Gasteiger charge is -2.44. The van der Waals surface area contributed by atoms with E-state index in [0.717, 1.165) is 23.9 Å². The van der Waals surface area contributed by atoms with Crippen LogP contribution in [0.15, 0.2) is 54.7 Å². The molecule has 3 aromatic rings. The summed E-state index contributed by atoms with van der Waals surface area (Å²) >= 11 is 0. The van der Waals surface area contributed by atoms with Gasteiger partial charge in [0, 0.05) is 29.6 Å². The third kappa shape index (κ3) is 3.19. The number of nitriles is 1. The Bertz CT molecular complexity index is 1090. The van der Waals surface area contributed by atoms with E-state index in [2.05, 4.69) is 40.9 Å². The lowest BCUT2D eigenvalue weighted by Crippen LogP contribution is -2.54. The van der Waals surface area contributed by atoms with Gasteiger partial charge in [0.2, 0.25) is 0 Å². The highest BCUT2D eigenvalue weighted by Gasteiger charge is 2.41. The quantitative estimate of drug-likeness (QED) is 0.673. The fraction of sp³-hybridized carbons (Fsp3) is 0.304. The Morgan fingerprint density at radius 1 is 1.24 bits per heavy atom. The Labute approximate surface area is 169 Å². The van der Waals surface area contributed by atoms with Crippen molar-refractivity contribution in [2.75, 3.05) is 6.54 Å². The molecule has 1 fully saturated rings. The zero-order valence-corrected chi connectivity index (χ0v) is 16.0. The second-order valence-electron chi connectivity index (χ2n) is 7.85. The van der Waals surface area contributed by atoms with Crippen molar-refractivity contribution < 1.29 is 9.53 Å². The van der Waals surface area contributed by atoms with Gasteiger partial charge in [-0.2, -0.15) is 5.26 Å². The number of piperidine rings is 1. The van der Waals surface area contributed by atoms with E-state index in [1.54, 1.807) is 0 Å². The highest BCUT2D eigenvalue weighted by molar-refractivity contribution is 5.88. The first-order valence-electron chi connectivity index (χ1n) is 9.95. The van der Waals surface area contributed by atoms with Gasteiger partial charge < -0.3 is 19.9 Å². The number of benzene rings is 2. The normalized spacial score (nSPS) is 22.6. The van der Waals surface area contributed by atoms with Gasteiger partial charge in [-0.25, -0.2) is 4.79 Å². The molecule has 6 nitrogen and oxygen atoms in total. The van der Waals surface area contributed by atoms with Gasteiger partial charge in [-0.3, -0.25) is 0 Å². The van der Waals surface area contributed by atoms with E-state index in [0.29, 0.717) is 6.54 Å². The maximum Gasteiger partial charge on any atom is 0.407 e. The van der Waals surface area contributed by atoms with E-state index in [1.807, 2.05) is 35.2 Å². The maximum absolute atomic E-state index is 12.3. The van der Waals surface area contributed by atoms with Crippen LogP contribution in [0.25, 0.3) is 10.9 Å². The number of aromatic nitrogens is 1. The van der Waals surface area contributed by atoms with E-state index in [-0.39, 0.29) is 24.6 Å². The molecule has 0 spiro atoms. The SMILES string of the molecule is N#CN1CC(NC(=O)OCc2ccccc2)C[C@@H]2c3cccc4[nH]cc(c34)C[C@H]21. The summed E-state index contributed by atoms with van der Waals surface area (Å²) in [6.07, 6.45) is 5.62. The van der Waals surface area contributed by atoms with E-state index < -0.39 is 6.09 Å². The second-order valence-corrected chi connectivity index (χ2v) is 7.85. The molecule has 2 aromatic carbocycles. The van der Waals surface area contributed by atoms with Crippen LogP contribution in [0.2, 0.25) is 0 Å². The summed E-state index contributed by atoms with van der Waals surface area (Å²) in [5.74, 6) is 0.204. The third-order valence-electron chi connectivity index (χ3n) is 6.13. The minimum atomic E-state index is -0.438. The zero-order valence-electron chi connectivity index (χ0n) is 16.0. The molecule has 0 bridgehead atoms. The number of likely N-dealkylation sites (tertiary alicyclic amines) is 1. The number of H-pyrrole nitrogens is 1. The number of aromatic amines is 1. The number of alkyl carbamates (subject to hydrolysis) is 1. The number of fused-ring (bicyclic) bond motifs is 2. The Kier molecular flexibility index (Phi) is 4.36. The van der Waals surface area contributed by atoms with Crippen molar-refractivity contribution in [3.63, 3.8) is 0 Å². The van der Waals surface area contributed by atoms with Crippen LogP contribution in [0, 0.1) is 11.5 Å². The monoisotopic (exact) mass is 386 g/mol. The maximum atomic E-state index is 12.3. The minimum Gasteiger partial charge on any atom is -0.445 e. The van der Waals surface area contributed by atoms with Crippen LogP contribution in [-0.4, -0.2) is 34.6 Å². The summed E-state index contributed by atoms with van der Waals surface area (Å²) in [6.45, 7) is 0.743. The van der Waals surface area contributed by atoms with Crippen molar-refractivity contribution in [1.29, 1.82) is 5.26 Å². The Morgan fingerprint density at radius 2 is 2.10 bits per heavy atom. The molecule has 0 saturated carbocycles. The average Bonchev–Trinajstić information content (AvgIpc) is 3.17. The molecule has 29 heavy (non-hydrogen) atoms. The predicted molar refractivity (Wildman–Crippen MR) is 109 cm³/mol. The third-order valence-corrected chi connectivity index (χ3v) is 6.13. The average molecular weight is 386 g/mol. The largest absolute Gasteiger partial charge is 0.445 e. The van der Waals surface area contributed by atoms with E-state index in [4.69, 9.17) is 4.74 Å². The number of nitrogens with one attached hydrogen (secondary N) is 2. The molecular formula is C23H22N4O2. The van der Waals surface area contributed by atoms with Crippen LogP contribution in [0.4, 0.5) is 4.79 Å². The topological polar surface area (TPSA) is 81.2 Å². The first-order valence-corrected chi connectivity index (χ1v) is 9.95. The number of carbonyl (C=O) groups excluding carboxylic acids is 1. The fourth-order valence-electron chi connectivity index (χ4n) is 4.85. The van der Waals surface area contributed by atoms with Crippen LogP contribution < -0.4 is 5.32 Å². The van der Waals surface area contributed by atoms with E-state index in [9.17, 15) is 10.1 Å². The smallest absolute Gasteiger partial charge is 0.407 e. The molecule has 1 unspecified atom stereocenters. The number of amides is 1. The molecule has 3 atom stereocenters. The van der Waals surface area contributed by atoms with E-state index in [1.165, 1.54) is 16.5 Å². The first-order chi connectivity index (χ1) is 14.2. The highest BCUT2D eigenvalue weighted by Crippen LogP contribution is 2.43. The number of rotatable bonds is 3. The summed E-state index contributed by atoms with van der Waals surface area (Å²) in [5, 5.41) is 14.0. The molecule has 2 heterocycles. The summed E-state index contributed by atoms with van der Waals surface area (Å²) in [4.78, 5) is 17.5. The molecule has 1 saturated heterocycles. The molecular weight excluding hydrogens is 364 g/mol. The molecule has 1 amide bonds. The molecule has 6 heteroatoms. The number of hydrogen-bond donors (Lipinski definition) is 2. The molecule has 1 aromatic heterocycles. The van der Waals surface area contributed by atoms with Crippen LogP contribution >= 0.6 is 0 Å². The van der Waals surface area contributed by atoms with Crippen molar-refractivity contribution in [1.82, 2.24) is 15.2 Å². The molecule has 0 radical (unpaired) electrons. The van der Waals surface area contributed by atoms with Gasteiger partial charge in [-0.1, -0.05) is 42.5 Å².